The molecule has 1 rings (SSSR count). The third-order valence-electron chi connectivity index (χ3n) is 2.59. The quantitative estimate of drug-likeness (QED) is 0.839. The third-order valence-corrected chi connectivity index (χ3v) is 2.59. The smallest absolute Gasteiger partial charge is 0.0944 e. The van der Waals surface area contributed by atoms with Gasteiger partial charge in [-0.3, -0.25) is 0 Å². The Balaban J connectivity index is 2.66. The van der Waals surface area contributed by atoms with Gasteiger partial charge in [-0.25, -0.2) is 0 Å². The molecule has 0 bridgehead atoms. The van der Waals surface area contributed by atoms with E-state index in [0.717, 1.165) is 6.54 Å². The first-order chi connectivity index (χ1) is 7.52. The van der Waals surface area contributed by atoms with E-state index < -0.39 is 0 Å². The average molecular weight is 217 g/mol. The van der Waals surface area contributed by atoms with Gasteiger partial charge in [0.25, 0.3) is 0 Å². The Hall–Kier alpha value is -1.53. The van der Waals surface area contributed by atoms with Gasteiger partial charge in [0.15, 0.2) is 0 Å². The van der Waals surface area contributed by atoms with E-state index in [1.54, 1.807) is 0 Å². The van der Waals surface area contributed by atoms with Crippen molar-refractivity contribution < 1.29 is 0 Å². The molecule has 3 nitrogen and oxygen atoms in total. The number of aryl methyl sites for hydroxylation is 2. The van der Waals surface area contributed by atoms with Crippen molar-refractivity contribution >= 4 is 5.69 Å². The second-order valence-electron chi connectivity index (χ2n) is 4.29. The van der Waals surface area contributed by atoms with Crippen molar-refractivity contribution in [2.24, 2.45) is 5.73 Å². The van der Waals surface area contributed by atoms with Gasteiger partial charge >= 0.3 is 0 Å². The highest BCUT2D eigenvalue weighted by Crippen LogP contribution is 2.17. The molecule has 86 valence electrons. The Bertz CT molecular complexity index is 372. The summed E-state index contributed by atoms with van der Waals surface area (Å²) in [5, 5.41) is 8.61. The molecular weight excluding hydrogens is 198 g/mol. The first kappa shape index (κ1) is 12.5. The maximum Gasteiger partial charge on any atom is 0.0944 e. The van der Waals surface area contributed by atoms with Crippen LogP contribution in [0.3, 0.4) is 0 Å². The predicted molar refractivity (Wildman–Crippen MR) is 67.4 cm³/mol. The van der Waals surface area contributed by atoms with Crippen LogP contribution >= 0.6 is 0 Å². The SMILES string of the molecule is Cc1cc(C)cc(N(C)CCC(N)C#N)c1. The van der Waals surface area contributed by atoms with Gasteiger partial charge in [-0.15, -0.1) is 0 Å². The van der Waals surface area contributed by atoms with E-state index in [0.29, 0.717) is 6.42 Å². The van der Waals surface area contributed by atoms with Crippen molar-refractivity contribution in [1.82, 2.24) is 0 Å². The summed E-state index contributed by atoms with van der Waals surface area (Å²) in [5.41, 5.74) is 9.27. The highest BCUT2D eigenvalue weighted by atomic mass is 15.1. The number of nitrogens with two attached hydrogens (primary N) is 1. The van der Waals surface area contributed by atoms with Crippen LogP contribution in [-0.2, 0) is 0 Å². The van der Waals surface area contributed by atoms with Crippen LogP contribution in [0.15, 0.2) is 18.2 Å². The Morgan fingerprint density at radius 2 is 1.88 bits per heavy atom. The van der Waals surface area contributed by atoms with Crippen LogP contribution in [0.2, 0.25) is 0 Å². The molecule has 1 atom stereocenters. The van der Waals surface area contributed by atoms with Gasteiger partial charge in [0.2, 0.25) is 0 Å². The summed E-state index contributed by atoms with van der Waals surface area (Å²) in [6.07, 6.45) is 0.694. The second-order valence-corrected chi connectivity index (χ2v) is 4.29. The molecular formula is C13H19N3. The maximum absolute atomic E-state index is 8.61. The zero-order chi connectivity index (χ0) is 12.1. The largest absolute Gasteiger partial charge is 0.374 e. The Labute approximate surface area is 97.5 Å². The van der Waals surface area contributed by atoms with Gasteiger partial charge < -0.3 is 10.6 Å². The van der Waals surface area contributed by atoms with Crippen LogP contribution in [0.25, 0.3) is 0 Å². The first-order valence-corrected chi connectivity index (χ1v) is 5.47. The van der Waals surface area contributed by atoms with Gasteiger partial charge in [0.05, 0.1) is 12.1 Å². The highest BCUT2D eigenvalue weighted by molar-refractivity contribution is 5.50. The maximum atomic E-state index is 8.61. The van der Waals surface area contributed by atoms with Gasteiger partial charge in [0.1, 0.15) is 0 Å². The van der Waals surface area contributed by atoms with Gasteiger partial charge in [-0.2, -0.15) is 5.26 Å². The molecule has 1 aromatic carbocycles. The number of rotatable bonds is 4. The third kappa shape index (κ3) is 3.56. The molecule has 0 aromatic heterocycles. The molecule has 1 aromatic rings. The summed E-state index contributed by atoms with van der Waals surface area (Å²) >= 11 is 0. The molecule has 0 aliphatic heterocycles. The molecule has 1 unspecified atom stereocenters. The van der Waals surface area contributed by atoms with Crippen LogP contribution in [0.4, 0.5) is 5.69 Å². The fourth-order valence-corrected chi connectivity index (χ4v) is 1.70. The first-order valence-electron chi connectivity index (χ1n) is 5.47. The van der Waals surface area contributed by atoms with Crippen LogP contribution in [-0.4, -0.2) is 19.6 Å². The lowest BCUT2D eigenvalue weighted by Gasteiger charge is -2.20. The number of nitrogens with zero attached hydrogens (tertiary/aromatic N) is 2. The molecule has 2 N–H and O–H groups in total. The van der Waals surface area contributed by atoms with Crippen LogP contribution in [0.1, 0.15) is 17.5 Å². The monoisotopic (exact) mass is 217 g/mol. The van der Waals surface area contributed by atoms with Gasteiger partial charge in [-0.1, -0.05) is 6.07 Å². The number of anilines is 1. The molecule has 0 heterocycles. The molecule has 0 amide bonds. The van der Waals surface area contributed by atoms with E-state index in [1.807, 2.05) is 13.1 Å². The molecule has 0 saturated carbocycles. The number of hydrogen-bond donors (Lipinski definition) is 1. The lowest BCUT2D eigenvalue weighted by Crippen LogP contribution is -2.26. The molecule has 0 fully saturated rings. The van der Waals surface area contributed by atoms with Crippen molar-refractivity contribution in [3.05, 3.63) is 29.3 Å². The molecule has 3 heteroatoms. The van der Waals surface area contributed by atoms with Crippen LogP contribution < -0.4 is 10.6 Å². The van der Waals surface area contributed by atoms with Crippen molar-refractivity contribution in [2.75, 3.05) is 18.5 Å². The topological polar surface area (TPSA) is 53.0 Å². The Kier molecular flexibility index (Phi) is 4.33. The average Bonchev–Trinajstić information content (AvgIpc) is 2.23. The lowest BCUT2D eigenvalue weighted by molar-refractivity contribution is 0.716. The predicted octanol–water partition coefficient (Wildman–Crippen LogP) is 1.98. The minimum Gasteiger partial charge on any atom is -0.374 e. The Morgan fingerprint density at radius 3 is 2.38 bits per heavy atom. The molecule has 16 heavy (non-hydrogen) atoms. The number of nitriles is 1. The van der Waals surface area contributed by atoms with Crippen molar-refractivity contribution in [2.45, 2.75) is 26.3 Å². The van der Waals surface area contributed by atoms with Crippen molar-refractivity contribution in [3.8, 4) is 6.07 Å². The van der Waals surface area contributed by atoms with E-state index in [1.165, 1.54) is 16.8 Å². The fourth-order valence-electron chi connectivity index (χ4n) is 1.70. The van der Waals surface area contributed by atoms with Crippen LogP contribution in [0, 0.1) is 25.2 Å². The lowest BCUT2D eigenvalue weighted by atomic mass is 10.1. The summed E-state index contributed by atoms with van der Waals surface area (Å²) in [6, 6.07) is 8.12. The van der Waals surface area contributed by atoms with Crippen LogP contribution in [0.5, 0.6) is 0 Å². The number of benzene rings is 1. The van der Waals surface area contributed by atoms with Crippen molar-refractivity contribution in [3.63, 3.8) is 0 Å². The zero-order valence-electron chi connectivity index (χ0n) is 10.2. The van der Waals surface area contributed by atoms with E-state index in [9.17, 15) is 0 Å². The molecule has 0 aliphatic carbocycles. The molecule has 0 aliphatic rings. The molecule has 0 spiro atoms. The Morgan fingerprint density at radius 1 is 1.31 bits per heavy atom. The van der Waals surface area contributed by atoms with E-state index in [4.69, 9.17) is 11.0 Å². The minimum atomic E-state index is -0.367. The summed E-state index contributed by atoms with van der Waals surface area (Å²) < 4.78 is 0. The summed E-state index contributed by atoms with van der Waals surface area (Å²) in [4.78, 5) is 2.14. The van der Waals surface area contributed by atoms with Gasteiger partial charge in [0, 0.05) is 19.3 Å². The standard InChI is InChI=1S/C13H19N3/c1-10-6-11(2)8-13(7-10)16(3)5-4-12(15)9-14/h6-8,12H,4-5,15H2,1-3H3. The summed E-state index contributed by atoms with van der Waals surface area (Å²) in [5.74, 6) is 0. The van der Waals surface area contributed by atoms with E-state index in [-0.39, 0.29) is 6.04 Å². The van der Waals surface area contributed by atoms with Crippen molar-refractivity contribution in [1.29, 1.82) is 5.26 Å². The highest BCUT2D eigenvalue weighted by Gasteiger charge is 2.05. The summed E-state index contributed by atoms with van der Waals surface area (Å²) in [7, 11) is 2.03. The normalized spacial score (nSPS) is 11.9. The minimum absolute atomic E-state index is 0.367. The second kappa shape index (κ2) is 5.53. The molecule has 0 radical (unpaired) electrons. The van der Waals surface area contributed by atoms with E-state index >= 15 is 0 Å². The van der Waals surface area contributed by atoms with E-state index in [2.05, 4.69) is 36.9 Å². The summed E-state index contributed by atoms with van der Waals surface area (Å²) in [6.45, 7) is 4.98. The number of hydrogen-bond acceptors (Lipinski definition) is 3. The fraction of sp³-hybridized carbons (Fsp3) is 0.462. The van der Waals surface area contributed by atoms with Gasteiger partial charge in [-0.05, 0) is 43.5 Å². The molecule has 0 saturated heterocycles. The zero-order valence-corrected chi connectivity index (χ0v) is 10.2.